The first-order valence-corrected chi connectivity index (χ1v) is 7.06. The third-order valence-corrected chi connectivity index (χ3v) is 4.14. The van der Waals surface area contributed by atoms with Crippen LogP contribution >= 0.6 is 0 Å². The van der Waals surface area contributed by atoms with Crippen molar-refractivity contribution in [3.63, 3.8) is 0 Å². The Labute approximate surface area is 90.5 Å². The summed E-state index contributed by atoms with van der Waals surface area (Å²) in [5.41, 5.74) is 0. The van der Waals surface area contributed by atoms with Crippen molar-refractivity contribution >= 4 is 15.7 Å². The molecular formula is C9H18N2O3S. The molecule has 6 heteroatoms. The van der Waals surface area contributed by atoms with Gasteiger partial charge in [-0.3, -0.25) is 4.79 Å². The topological polar surface area (TPSA) is 75.3 Å². The average molecular weight is 234 g/mol. The molecule has 0 spiro atoms. The number of hydrogen-bond donors (Lipinski definition) is 2. The summed E-state index contributed by atoms with van der Waals surface area (Å²) in [6.45, 7) is 3.45. The van der Waals surface area contributed by atoms with Gasteiger partial charge in [0.1, 0.15) is 0 Å². The molecule has 0 radical (unpaired) electrons. The van der Waals surface area contributed by atoms with Crippen molar-refractivity contribution < 1.29 is 13.2 Å². The molecule has 15 heavy (non-hydrogen) atoms. The van der Waals surface area contributed by atoms with Crippen LogP contribution in [0.15, 0.2) is 0 Å². The third kappa shape index (κ3) is 4.61. The second kappa shape index (κ2) is 5.46. The molecule has 1 saturated heterocycles. The highest BCUT2D eigenvalue weighted by molar-refractivity contribution is 7.91. The largest absolute Gasteiger partial charge is 0.352 e. The second-order valence-electron chi connectivity index (χ2n) is 3.77. The zero-order valence-corrected chi connectivity index (χ0v) is 9.77. The fraction of sp³-hybridized carbons (Fsp3) is 0.889. The van der Waals surface area contributed by atoms with Crippen LogP contribution in [0, 0.1) is 0 Å². The first kappa shape index (κ1) is 12.4. The molecule has 1 rings (SSSR count). The highest BCUT2D eigenvalue weighted by Gasteiger charge is 2.28. The fourth-order valence-corrected chi connectivity index (χ4v) is 3.26. The van der Waals surface area contributed by atoms with Gasteiger partial charge in [-0.25, -0.2) is 8.42 Å². The number of sulfone groups is 1. The highest BCUT2D eigenvalue weighted by atomic mass is 32.2. The zero-order valence-electron chi connectivity index (χ0n) is 8.95. The minimum Gasteiger partial charge on any atom is -0.352 e. The maximum absolute atomic E-state index is 11.3. The quantitative estimate of drug-likeness (QED) is 0.616. The van der Waals surface area contributed by atoms with E-state index in [1.54, 1.807) is 0 Å². The Bertz CT molecular complexity index is 313. The number of nitrogens with one attached hydrogen (secondary N) is 2. The number of carbonyl (C=O) groups excluding carboxylic acids is 1. The van der Waals surface area contributed by atoms with Gasteiger partial charge in [-0.2, -0.15) is 0 Å². The maximum atomic E-state index is 11.3. The van der Waals surface area contributed by atoms with Crippen LogP contribution in [0.5, 0.6) is 0 Å². The number of carbonyl (C=O) groups is 1. The molecule has 2 N–H and O–H groups in total. The summed E-state index contributed by atoms with van der Waals surface area (Å²) in [6, 6.07) is -0.177. The van der Waals surface area contributed by atoms with Crippen LogP contribution in [0.4, 0.5) is 0 Å². The Hall–Kier alpha value is -0.620. The Morgan fingerprint density at radius 3 is 2.73 bits per heavy atom. The molecule has 0 aliphatic carbocycles. The summed E-state index contributed by atoms with van der Waals surface area (Å²) in [4.78, 5) is 11.3. The lowest BCUT2D eigenvalue weighted by Crippen LogP contribution is -2.37. The first-order chi connectivity index (χ1) is 7.03. The predicted octanol–water partition coefficient (Wildman–Crippen LogP) is -0.711. The normalized spacial score (nSPS) is 23.9. The van der Waals surface area contributed by atoms with E-state index in [1.165, 1.54) is 0 Å². The summed E-state index contributed by atoms with van der Waals surface area (Å²) in [7, 11) is -2.90. The van der Waals surface area contributed by atoms with Crippen LogP contribution in [-0.2, 0) is 14.6 Å². The second-order valence-corrected chi connectivity index (χ2v) is 6.00. The van der Waals surface area contributed by atoms with Gasteiger partial charge < -0.3 is 10.6 Å². The lowest BCUT2D eigenvalue weighted by atomic mass is 10.2. The van der Waals surface area contributed by atoms with Gasteiger partial charge in [-0.1, -0.05) is 6.92 Å². The maximum Gasteiger partial charge on any atom is 0.221 e. The molecule has 0 aromatic heterocycles. The van der Waals surface area contributed by atoms with E-state index < -0.39 is 9.84 Å². The summed E-state index contributed by atoms with van der Waals surface area (Å²) in [6.07, 6.45) is 0.958. The SMILES string of the molecule is CCNCCC(=O)NC1CCS(=O)(=O)C1. The van der Waals surface area contributed by atoms with Crippen LogP contribution in [0.1, 0.15) is 19.8 Å². The summed E-state index contributed by atoms with van der Waals surface area (Å²) >= 11 is 0. The molecule has 88 valence electrons. The van der Waals surface area contributed by atoms with Gasteiger partial charge in [0.15, 0.2) is 9.84 Å². The lowest BCUT2D eigenvalue weighted by molar-refractivity contribution is -0.121. The average Bonchev–Trinajstić information content (AvgIpc) is 2.46. The van der Waals surface area contributed by atoms with Crippen LogP contribution < -0.4 is 10.6 Å². The van der Waals surface area contributed by atoms with E-state index in [4.69, 9.17) is 0 Å². The fourth-order valence-electron chi connectivity index (χ4n) is 1.59. The standard InChI is InChI=1S/C9H18N2O3S/c1-2-10-5-3-9(12)11-8-4-6-15(13,14)7-8/h8,10H,2-7H2,1H3,(H,11,12). The minimum absolute atomic E-state index is 0.0712. The first-order valence-electron chi connectivity index (χ1n) is 5.24. The molecule has 5 nitrogen and oxygen atoms in total. The van der Waals surface area contributed by atoms with Crippen molar-refractivity contribution in [2.24, 2.45) is 0 Å². The van der Waals surface area contributed by atoms with E-state index in [9.17, 15) is 13.2 Å². The zero-order chi connectivity index (χ0) is 11.3. The van der Waals surface area contributed by atoms with Crippen molar-refractivity contribution in [3.8, 4) is 0 Å². The Morgan fingerprint density at radius 2 is 2.20 bits per heavy atom. The number of hydrogen-bond acceptors (Lipinski definition) is 4. The van der Waals surface area contributed by atoms with E-state index in [0.29, 0.717) is 19.4 Å². The number of amides is 1. The molecule has 1 amide bonds. The lowest BCUT2D eigenvalue weighted by Gasteiger charge is -2.10. The molecule has 1 aliphatic rings. The van der Waals surface area contributed by atoms with E-state index >= 15 is 0 Å². The minimum atomic E-state index is -2.90. The molecule has 1 unspecified atom stereocenters. The molecule has 1 atom stereocenters. The van der Waals surface area contributed by atoms with Crippen LogP contribution in [0.3, 0.4) is 0 Å². The molecule has 0 bridgehead atoms. The van der Waals surface area contributed by atoms with E-state index in [2.05, 4.69) is 10.6 Å². The van der Waals surface area contributed by atoms with Crippen molar-refractivity contribution in [2.45, 2.75) is 25.8 Å². The Morgan fingerprint density at radius 1 is 1.47 bits per heavy atom. The monoisotopic (exact) mass is 234 g/mol. The molecule has 0 aromatic carbocycles. The summed E-state index contributed by atoms with van der Waals surface area (Å²) in [5, 5.41) is 5.78. The molecule has 0 aromatic rings. The van der Waals surface area contributed by atoms with Crippen LogP contribution in [-0.4, -0.2) is 45.0 Å². The highest BCUT2D eigenvalue weighted by Crippen LogP contribution is 2.11. The van der Waals surface area contributed by atoms with Crippen molar-refractivity contribution in [3.05, 3.63) is 0 Å². The molecule has 1 aliphatic heterocycles. The van der Waals surface area contributed by atoms with Crippen LogP contribution in [0.2, 0.25) is 0 Å². The van der Waals surface area contributed by atoms with E-state index in [0.717, 1.165) is 6.54 Å². The molecule has 1 heterocycles. The van der Waals surface area contributed by atoms with Crippen molar-refractivity contribution in [2.75, 3.05) is 24.6 Å². The molecule has 1 fully saturated rings. The van der Waals surface area contributed by atoms with E-state index in [-0.39, 0.29) is 23.5 Å². The van der Waals surface area contributed by atoms with Crippen LogP contribution in [0.25, 0.3) is 0 Å². The van der Waals surface area contributed by atoms with Gasteiger partial charge >= 0.3 is 0 Å². The van der Waals surface area contributed by atoms with Gasteiger partial charge in [0.05, 0.1) is 11.5 Å². The van der Waals surface area contributed by atoms with Gasteiger partial charge in [-0.05, 0) is 13.0 Å². The van der Waals surface area contributed by atoms with Gasteiger partial charge in [0, 0.05) is 19.0 Å². The summed E-state index contributed by atoms with van der Waals surface area (Å²) in [5.74, 6) is 0.225. The van der Waals surface area contributed by atoms with Gasteiger partial charge in [-0.15, -0.1) is 0 Å². The van der Waals surface area contributed by atoms with Gasteiger partial charge in [0.25, 0.3) is 0 Å². The van der Waals surface area contributed by atoms with E-state index in [1.807, 2.05) is 6.92 Å². The Balaban J connectivity index is 2.22. The smallest absolute Gasteiger partial charge is 0.221 e. The Kier molecular flexibility index (Phi) is 4.53. The van der Waals surface area contributed by atoms with Crippen molar-refractivity contribution in [1.29, 1.82) is 0 Å². The summed E-state index contributed by atoms with van der Waals surface area (Å²) < 4.78 is 22.2. The molecule has 0 saturated carbocycles. The number of rotatable bonds is 5. The predicted molar refractivity (Wildman–Crippen MR) is 58.4 cm³/mol. The van der Waals surface area contributed by atoms with Gasteiger partial charge in [0.2, 0.25) is 5.91 Å². The third-order valence-electron chi connectivity index (χ3n) is 2.38. The molecular weight excluding hydrogens is 216 g/mol. The van der Waals surface area contributed by atoms with Crippen molar-refractivity contribution in [1.82, 2.24) is 10.6 Å².